The van der Waals surface area contributed by atoms with Gasteiger partial charge in [-0.15, -0.1) is 0 Å². The molecule has 158 valence electrons. The first-order chi connectivity index (χ1) is 14.7. The maximum absolute atomic E-state index is 12.7. The Kier molecular flexibility index (Phi) is 6.21. The largest absolute Gasteiger partial charge is 0.493 e. The molecule has 6 heteroatoms. The van der Waals surface area contributed by atoms with Crippen molar-refractivity contribution in [3.8, 4) is 11.5 Å². The number of ether oxygens (including phenoxy) is 2. The zero-order valence-electron chi connectivity index (χ0n) is 17.6. The van der Waals surface area contributed by atoms with Crippen molar-refractivity contribution < 1.29 is 18.7 Å². The lowest BCUT2D eigenvalue weighted by molar-refractivity contribution is -0.132. The topological polar surface area (TPSA) is 64.8 Å². The number of hydrogen-bond acceptors (Lipinski definition) is 5. The van der Waals surface area contributed by atoms with E-state index in [-0.39, 0.29) is 11.8 Å². The average Bonchev–Trinajstić information content (AvgIpc) is 3.23. The second kappa shape index (κ2) is 9.20. The SMILES string of the molecule is CCOc1ccc(CCC(=O)N2CCC(c3nc4ccccc4o3)CC2)cc1OC. The predicted molar refractivity (Wildman–Crippen MR) is 115 cm³/mol. The Hall–Kier alpha value is -3.02. The van der Waals surface area contributed by atoms with Crippen LogP contribution < -0.4 is 9.47 Å². The highest BCUT2D eigenvalue weighted by Crippen LogP contribution is 2.31. The van der Waals surface area contributed by atoms with Gasteiger partial charge in [-0.3, -0.25) is 4.79 Å². The second-order valence-electron chi connectivity index (χ2n) is 7.59. The molecule has 0 N–H and O–H groups in total. The second-order valence-corrected chi connectivity index (χ2v) is 7.59. The summed E-state index contributed by atoms with van der Waals surface area (Å²) in [7, 11) is 1.63. The van der Waals surface area contributed by atoms with E-state index >= 15 is 0 Å². The lowest BCUT2D eigenvalue weighted by Crippen LogP contribution is -2.38. The van der Waals surface area contributed by atoms with E-state index in [1.807, 2.05) is 54.3 Å². The fraction of sp³-hybridized carbons (Fsp3) is 0.417. The molecule has 1 amide bonds. The molecule has 1 aliphatic rings. The van der Waals surface area contributed by atoms with Crippen LogP contribution in [0, 0.1) is 0 Å². The molecule has 4 rings (SSSR count). The maximum Gasteiger partial charge on any atom is 0.222 e. The van der Waals surface area contributed by atoms with E-state index in [1.165, 1.54) is 0 Å². The molecule has 0 saturated carbocycles. The average molecular weight is 408 g/mol. The molecule has 0 unspecified atom stereocenters. The van der Waals surface area contributed by atoms with Crippen molar-refractivity contribution in [3.05, 3.63) is 53.9 Å². The fourth-order valence-corrected chi connectivity index (χ4v) is 3.99. The third-order valence-electron chi connectivity index (χ3n) is 5.66. The summed E-state index contributed by atoms with van der Waals surface area (Å²) in [5.41, 5.74) is 2.80. The molecule has 1 aromatic heterocycles. The van der Waals surface area contributed by atoms with E-state index < -0.39 is 0 Å². The number of amides is 1. The molecule has 6 nitrogen and oxygen atoms in total. The van der Waals surface area contributed by atoms with Crippen LogP contribution >= 0.6 is 0 Å². The summed E-state index contributed by atoms with van der Waals surface area (Å²) < 4.78 is 16.9. The number of likely N-dealkylation sites (tertiary alicyclic amines) is 1. The summed E-state index contributed by atoms with van der Waals surface area (Å²) in [5, 5.41) is 0. The summed E-state index contributed by atoms with van der Waals surface area (Å²) in [6.07, 6.45) is 2.95. The van der Waals surface area contributed by atoms with Crippen molar-refractivity contribution in [3.63, 3.8) is 0 Å². The summed E-state index contributed by atoms with van der Waals surface area (Å²) >= 11 is 0. The van der Waals surface area contributed by atoms with E-state index in [0.717, 1.165) is 54.2 Å². The summed E-state index contributed by atoms with van der Waals surface area (Å²) in [5.74, 6) is 2.71. The molecule has 2 aromatic carbocycles. The van der Waals surface area contributed by atoms with Crippen LogP contribution in [0.3, 0.4) is 0 Å². The molecule has 0 spiro atoms. The van der Waals surface area contributed by atoms with Crippen LogP contribution in [0.25, 0.3) is 11.1 Å². The van der Waals surface area contributed by atoms with Gasteiger partial charge in [0.05, 0.1) is 13.7 Å². The zero-order valence-corrected chi connectivity index (χ0v) is 17.6. The molecule has 0 radical (unpaired) electrons. The van der Waals surface area contributed by atoms with Gasteiger partial charge in [-0.1, -0.05) is 18.2 Å². The van der Waals surface area contributed by atoms with Crippen LogP contribution in [0.4, 0.5) is 0 Å². The molecule has 1 aliphatic heterocycles. The van der Waals surface area contributed by atoms with Gasteiger partial charge in [0.15, 0.2) is 23.0 Å². The van der Waals surface area contributed by atoms with Gasteiger partial charge in [-0.2, -0.15) is 0 Å². The number of carbonyl (C=O) groups is 1. The van der Waals surface area contributed by atoms with E-state index in [0.29, 0.717) is 25.2 Å². The van der Waals surface area contributed by atoms with Crippen molar-refractivity contribution in [2.75, 3.05) is 26.8 Å². The number of aryl methyl sites for hydroxylation is 1. The Morgan fingerprint density at radius 2 is 1.97 bits per heavy atom. The third-order valence-corrected chi connectivity index (χ3v) is 5.66. The van der Waals surface area contributed by atoms with Gasteiger partial charge in [0.1, 0.15) is 5.52 Å². The summed E-state index contributed by atoms with van der Waals surface area (Å²) in [4.78, 5) is 19.3. The minimum absolute atomic E-state index is 0.193. The van der Waals surface area contributed by atoms with E-state index in [2.05, 4.69) is 4.98 Å². The molecule has 2 heterocycles. The number of fused-ring (bicyclic) bond motifs is 1. The number of oxazole rings is 1. The van der Waals surface area contributed by atoms with E-state index in [4.69, 9.17) is 13.9 Å². The van der Waals surface area contributed by atoms with Crippen molar-refractivity contribution in [2.45, 2.75) is 38.5 Å². The van der Waals surface area contributed by atoms with Crippen LogP contribution in [0.1, 0.15) is 43.6 Å². The number of piperidine rings is 1. The lowest BCUT2D eigenvalue weighted by Gasteiger charge is -2.30. The van der Waals surface area contributed by atoms with E-state index in [9.17, 15) is 4.79 Å². The van der Waals surface area contributed by atoms with Crippen LogP contribution in [0.5, 0.6) is 11.5 Å². The Bertz CT molecular complexity index is 972. The summed E-state index contributed by atoms with van der Waals surface area (Å²) in [6.45, 7) is 4.02. The highest BCUT2D eigenvalue weighted by atomic mass is 16.5. The number of para-hydroxylation sites is 2. The molecular weight excluding hydrogens is 380 g/mol. The smallest absolute Gasteiger partial charge is 0.222 e. The first-order valence-electron chi connectivity index (χ1n) is 10.6. The van der Waals surface area contributed by atoms with Crippen LogP contribution in [-0.2, 0) is 11.2 Å². The van der Waals surface area contributed by atoms with Gasteiger partial charge in [0.25, 0.3) is 0 Å². The van der Waals surface area contributed by atoms with Crippen molar-refractivity contribution >= 4 is 17.0 Å². The summed E-state index contributed by atoms with van der Waals surface area (Å²) in [6, 6.07) is 13.7. The Morgan fingerprint density at radius 1 is 1.17 bits per heavy atom. The van der Waals surface area contributed by atoms with Crippen molar-refractivity contribution in [1.29, 1.82) is 0 Å². The van der Waals surface area contributed by atoms with Crippen LogP contribution in [0.15, 0.2) is 46.9 Å². The number of rotatable bonds is 7. The quantitative estimate of drug-likeness (QED) is 0.573. The van der Waals surface area contributed by atoms with Gasteiger partial charge in [-0.25, -0.2) is 4.98 Å². The molecule has 1 fully saturated rings. The molecule has 0 bridgehead atoms. The molecule has 30 heavy (non-hydrogen) atoms. The standard InChI is InChI=1S/C24H28N2O4/c1-3-29-21-10-8-17(16-22(21)28-2)9-11-23(27)26-14-12-18(13-15-26)24-25-19-6-4-5-7-20(19)30-24/h4-8,10,16,18H,3,9,11-15H2,1-2H3. The Labute approximate surface area is 176 Å². The lowest BCUT2D eigenvalue weighted by atomic mass is 9.96. The Morgan fingerprint density at radius 3 is 2.70 bits per heavy atom. The number of methoxy groups -OCH3 is 1. The highest BCUT2D eigenvalue weighted by molar-refractivity contribution is 5.76. The van der Waals surface area contributed by atoms with Gasteiger partial charge < -0.3 is 18.8 Å². The van der Waals surface area contributed by atoms with Crippen molar-refractivity contribution in [1.82, 2.24) is 9.88 Å². The number of nitrogens with zero attached hydrogens (tertiary/aromatic N) is 2. The number of aromatic nitrogens is 1. The minimum atomic E-state index is 0.193. The van der Waals surface area contributed by atoms with Crippen LogP contribution in [-0.4, -0.2) is 42.6 Å². The van der Waals surface area contributed by atoms with Crippen molar-refractivity contribution in [2.24, 2.45) is 0 Å². The van der Waals surface area contributed by atoms with Gasteiger partial charge >= 0.3 is 0 Å². The zero-order chi connectivity index (χ0) is 20.9. The van der Waals surface area contributed by atoms with E-state index in [1.54, 1.807) is 7.11 Å². The van der Waals surface area contributed by atoms with Crippen LogP contribution in [0.2, 0.25) is 0 Å². The molecule has 3 aromatic rings. The number of hydrogen-bond donors (Lipinski definition) is 0. The third kappa shape index (κ3) is 4.42. The maximum atomic E-state index is 12.7. The molecule has 1 saturated heterocycles. The Balaban J connectivity index is 1.30. The molecular formula is C24H28N2O4. The highest BCUT2D eigenvalue weighted by Gasteiger charge is 2.26. The van der Waals surface area contributed by atoms with Gasteiger partial charge in [-0.05, 0) is 56.0 Å². The first-order valence-corrected chi connectivity index (χ1v) is 10.6. The monoisotopic (exact) mass is 408 g/mol. The normalized spacial score (nSPS) is 14.8. The van der Waals surface area contributed by atoms with Gasteiger partial charge in [0, 0.05) is 25.4 Å². The molecule has 0 atom stereocenters. The number of benzene rings is 2. The first kappa shape index (κ1) is 20.3. The predicted octanol–water partition coefficient (Wildman–Crippen LogP) is 4.57. The van der Waals surface area contributed by atoms with Gasteiger partial charge in [0.2, 0.25) is 5.91 Å². The molecule has 0 aliphatic carbocycles. The minimum Gasteiger partial charge on any atom is -0.493 e. The fourth-order valence-electron chi connectivity index (χ4n) is 3.99. The number of carbonyl (C=O) groups excluding carboxylic acids is 1.